The Hall–Kier alpha value is -3.65. The van der Waals surface area contributed by atoms with Gasteiger partial charge in [0.1, 0.15) is 0 Å². The molecule has 8 heteroatoms. The Morgan fingerprint density at radius 2 is 1.41 bits per heavy atom. The van der Waals surface area contributed by atoms with Crippen LogP contribution in [0, 0.1) is 27.7 Å². The number of hydrogen-bond acceptors (Lipinski definition) is 5. The highest BCUT2D eigenvalue weighted by molar-refractivity contribution is 7.92. The average Bonchev–Trinajstić information content (AvgIpc) is 2.77. The van der Waals surface area contributed by atoms with Crippen molar-refractivity contribution in [3.8, 4) is 0 Å². The second kappa shape index (κ2) is 10.1. The maximum Gasteiger partial charge on any atom is 0.338 e. The van der Waals surface area contributed by atoms with Crippen LogP contribution in [-0.2, 0) is 14.8 Å². The van der Waals surface area contributed by atoms with Gasteiger partial charge in [-0.05, 0) is 87.2 Å². The van der Waals surface area contributed by atoms with Gasteiger partial charge in [0, 0.05) is 11.3 Å². The van der Waals surface area contributed by atoms with Crippen LogP contribution in [-0.4, -0.2) is 26.9 Å². The minimum Gasteiger partial charge on any atom is -0.462 e. The van der Waals surface area contributed by atoms with Gasteiger partial charge in [0.05, 0.1) is 22.8 Å². The maximum atomic E-state index is 13.2. The molecule has 0 aliphatic rings. The summed E-state index contributed by atoms with van der Waals surface area (Å²) in [6, 6.07) is 14.9. The van der Waals surface area contributed by atoms with E-state index in [4.69, 9.17) is 4.74 Å². The lowest BCUT2D eigenvalue weighted by Gasteiger charge is -2.15. The molecule has 1 amide bonds. The molecular formula is C26H28N2O5S. The molecule has 0 heterocycles. The van der Waals surface area contributed by atoms with Gasteiger partial charge < -0.3 is 10.1 Å². The van der Waals surface area contributed by atoms with Gasteiger partial charge in [-0.25, -0.2) is 13.2 Å². The van der Waals surface area contributed by atoms with Gasteiger partial charge in [0.2, 0.25) is 0 Å². The van der Waals surface area contributed by atoms with Crippen molar-refractivity contribution in [1.29, 1.82) is 0 Å². The second-order valence-electron chi connectivity index (χ2n) is 8.11. The summed E-state index contributed by atoms with van der Waals surface area (Å²) in [6.07, 6.45) is 0. The van der Waals surface area contributed by atoms with Gasteiger partial charge in [0.25, 0.3) is 15.9 Å². The lowest BCUT2D eigenvalue weighted by molar-refractivity contribution is 0.0526. The topological polar surface area (TPSA) is 102 Å². The largest absolute Gasteiger partial charge is 0.462 e. The fourth-order valence-corrected chi connectivity index (χ4v) is 4.76. The molecule has 7 nitrogen and oxygen atoms in total. The molecule has 0 aliphatic heterocycles. The molecule has 3 aromatic rings. The van der Waals surface area contributed by atoms with Crippen molar-refractivity contribution in [3.63, 3.8) is 0 Å². The Kier molecular flexibility index (Phi) is 7.41. The number of ether oxygens (including phenoxy) is 1. The maximum absolute atomic E-state index is 13.2. The molecule has 0 saturated heterocycles. The number of benzene rings is 3. The van der Waals surface area contributed by atoms with Crippen molar-refractivity contribution in [2.75, 3.05) is 16.6 Å². The highest BCUT2D eigenvalue weighted by Crippen LogP contribution is 2.25. The highest BCUT2D eigenvalue weighted by Gasteiger charge is 2.21. The lowest BCUT2D eigenvalue weighted by Crippen LogP contribution is -2.18. The fourth-order valence-electron chi connectivity index (χ4n) is 3.37. The SMILES string of the molecule is CCOC(=O)c1ccc(C)c(NC(=O)c2ccc(C)c(S(=O)(=O)Nc3cc(C)ccc3C)c2)c1. The fraction of sp³-hybridized carbons (Fsp3) is 0.231. The van der Waals surface area contributed by atoms with Crippen LogP contribution in [0.5, 0.6) is 0 Å². The van der Waals surface area contributed by atoms with Gasteiger partial charge in [-0.1, -0.05) is 24.3 Å². The highest BCUT2D eigenvalue weighted by atomic mass is 32.2. The van der Waals surface area contributed by atoms with Crippen molar-refractivity contribution in [1.82, 2.24) is 0 Å². The molecule has 0 atom stereocenters. The summed E-state index contributed by atoms with van der Waals surface area (Å²) >= 11 is 0. The molecule has 0 unspecified atom stereocenters. The Morgan fingerprint density at radius 3 is 2.12 bits per heavy atom. The van der Waals surface area contributed by atoms with Crippen LogP contribution in [0.4, 0.5) is 11.4 Å². The molecule has 0 aromatic heterocycles. The summed E-state index contributed by atoms with van der Waals surface area (Å²) in [7, 11) is -3.94. The smallest absolute Gasteiger partial charge is 0.338 e. The number of aryl methyl sites for hydroxylation is 4. The number of nitrogens with one attached hydrogen (secondary N) is 2. The molecule has 3 aromatic carbocycles. The zero-order chi connectivity index (χ0) is 25.0. The van der Waals surface area contributed by atoms with E-state index in [0.29, 0.717) is 22.5 Å². The van der Waals surface area contributed by atoms with Gasteiger partial charge in [-0.2, -0.15) is 0 Å². The van der Waals surface area contributed by atoms with Gasteiger partial charge >= 0.3 is 5.97 Å². The van der Waals surface area contributed by atoms with Gasteiger partial charge in [-0.15, -0.1) is 0 Å². The standard InChI is InChI=1S/C26H28N2O5S/c1-6-33-26(30)21-12-9-17(3)22(14-21)27-25(29)20-11-10-19(5)24(15-20)34(31,32)28-23-13-16(2)7-8-18(23)4/h7-15,28H,6H2,1-5H3,(H,27,29). The summed E-state index contributed by atoms with van der Waals surface area (Å²) in [5, 5.41) is 2.77. The molecule has 0 saturated carbocycles. The van der Waals surface area contributed by atoms with E-state index in [-0.39, 0.29) is 17.1 Å². The lowest BCUT2D eigenvalue weighted by atomic mass is 10.1. The predicted octanol–water partition coefficient (Wildman–Crippen LogP) is 5.15. The summed E-state index contributed by atoms with van der Waals surface area (Å²) in [5.74, 6) is -0.980. The molecule has 3 rings (SSSR count). The summed E-state index contributed by atoms with van der Waals surface area (Å²) in [5.41, 5.74) is 4.38. The van der Waals surface area contributed by atoms with E-state index in [1.807, 2.05) is 26.0 Å². The zero-order valence-corrected chi connectivity index (χ0v) is 20.7. The summed E-state index contributed by atoms with van der Waals surface area (Å²) in [4.78, 5) is 25.0. The number of rotatable bonds is 7. The molecule has 0 bridgehead atoms. The number of carbonyl (C=O) groups excluding carboxylic acids is 2. The summed E-state index contributed by atoms with van der Waals surface area (Å²) in [6.45, 7) is 9.13. The quantitative estimate of drug-likeness (QED) is 0.456. The first-order valence-corrected chi connectivity index (χ1v) is 12.3. The summed E-state index contributed by atoms with van der Waals surface area (Å²) < 4.78 is 34.0. The van der Waals surface area contributed by atoms with Crippen molar-refractivity contribution < 1.29 is 22.7 Å². The zero-order valence-electron chi connectivity index (χ0n) is 19.9. The van der Waals surface area contributed by atoms with Crippen molar-refractivity contribution in [3.05, 3.63) is 88.0 Å². The Labute approximate surface area is 200 Å². The number of hydrogen-bond donors (Lipinski definition) is 2. The van der Waals surface area contributed by atoms with Crippen molar-refractivity contribution in [2.45, 2.75) is 39.5 Å². The molecule has 0 spiro atoms. The number of amides is 1. The van der Waals surface area contributed by atoms with E-state index in [1.54, 1.807) is 57.2 Å². The first-order valence-electron chi connectivity index (χ1n) is 10.8. The third-order valence-electron chi connectivity index (χ3n) is 5.37. The molecule has 2 N–H and O–H groups in total. The number of carbonyl (C=O) groups is 2. The molecule has 178 valence electrons. The van der Waals surface area contributed by atoms with E-state index in [9.17, 15) is 18.0 Å². The van der Waals surface area contributed by atoms with E-state index >= 15 is 0 Å². The molecule has 0 fully saturated rings. The van der Waals surface area contributed by atoms with E-state index < -0.39 is 21.9 Å². The van der Waals surface area contributed by atoms with Crippen LogP contribution in [0.1, 0.15) is 49.9 Å². The predicted molar refractivity (Wildman–Crippen MR) is 133 cm³/mol. The van der Waals surface area contributed by atoms with E-state index in [1.165, 1.54) is 6.07 Å². The second-order valence-corrected chi connectivity index (χ2v) is 9.76. The molecule has 0 radical (unpaired) electrons. The van der Waals surface area contributed by atoms with Gasteiger partial charge in [0.15, 0.2) is 0 Å². The van der Waals surface area contributed by atoms with Crippen molar-refractivity contribution in [2.24, 2.45) is 0 Å². The monoisotopic (exact) mass is 480 g/mol. The Bertz CT molecular complexity index is 1360. The van der Waals surface area contributed by atoms with Gasteiger partial charge in [-0.3, -0.25) is 9.52 Å². The number of sulfonamides is 1. The van der Waals surface area contributed by atoms with Crippen LogP contribution < -0.4 is 10.0 Å². The first kappa shape index (κ1) is 25.0. The van der Waals surface area contributed by atoms with Crippen LogP contribution >= 0.6 is 0 Å². The minimum atomic E-state index is -3.94. The molecule has 0 aliphatic carbocycles. The number of esters is 1. The third kappa shape index (κ3) is 5.63. The first-order chi connectivity index (χ1) is 16.0. The Balaban J connectivity index is 1.90. The van der Waals surface area contributed by atoms with E-state index in [0.717, 1.165) is 16.7 Å². The van der Waals surface area contributed by atoms with E-state index in [2.05, 4.69) is 10.0 Å². The third-order valence-corrected chi connectivity index (χ3v) is 6.88. The van der Waals surface area contributed by atoms with Crippen LogP contribution in [0.3, 0.4) is 0 Å². The van der Waals surface area contributed by atoms with Crippen molar-refractivity contribution >= 4 is 33.3 Å². The minimum absolute atomic E-state index is 0.0121. The van der Waals surface area contributed by atoms with Crippen LogP contribution in [0.15, 0.2) is 59.5 Å². The van der Waals surface area contributed by atoms with Crippen LogP contribution in [0.25, 0.3) is 0 Å². The average molecular weight is 481 g/mol. The molecule has 34 heavy (non-hydrogen) atoms. The van der Waals surface area contributed by atoms with Crippen LogP contribution in [0.2, 0.25) is 0 Å². The normalized spacial score (nSPS) is 11.1. The molecular weight excluding hydrogens is 452 g/mol. The Morgan fingerprint density at radius 1 is 0.794 bits per heavy atom. The number of anilines is 2.